The van der Waals surface area contributed by atoms with Crippen LogP contribution < -0.4 is 10.2 Å². The first-order valence-corrected chi connectivity index (χ1v) is 11.8. The van der Waals surface area contributed by atoms with Gasteiger partial charge in [-0.2, -0.15) is 0 Å². The van der Waals surface area contributed by atoms with Crippen LogP contribution >= 0.6 is 0 Å². The maximum absolute atomic E-state index is 14.7. The number of halogens is 1. The Morgan fingerprint density at radius 2 is 1.83 bits per heavy atom. The Kier molecular flexibility index (Phi) is 7.10. The molecule has 186 valence electrons. The van der Waals surface area contributed by atoms with Crippen molar-refractivity contribution in [2.24, 2.45) is 0 Å². The molecule has 0 saturated carbocycles. The van der Waals surface area contributed by atoms with Crippen LogP contribution in [0, 0.1) is 12.7 Å². The number of aryl methyl sites for hydroxylation is 1. The number of benzene rings is 2. The third-order valence-electron chi connectivity index (χ3n) is 6.28. The van der Waals surface area contributed by atoms with E-state index in [4.69, 9.17) is 0 Å². The summed E-state index contributed by atoms with van der Waals surface area (Å²) < 4.78 is 16.2. The van der Waals surface area contributed by atoms with E-state index in [9.17, 15) is 14.0 Å². The van der Waals surface area contributed by atoms with Crippen molar-refractivity contribution in [2.45, 2.75) is 52.2 Å². The Morgan fingerprint density at radius 1 is 1.11 bits per heavy atom. The third-order valence-corrected chi connectivity index (χ3v) is 6.28. The second-order valence-corrected chi connectivity index (χ2v) is 9.34. The predicted octanol–water partition coefficient (Wildman–Crippen LogP) is 4.35. The summed E-state index contributed by atoms with van der Waals surface area (Å²) in [6, 6.07) is 14.1. The molecule has 0 radical (unpaired) electrons. The summed E-state index contributed by atoms with van der Waals surface area (Å²) in [5, 5.41) is 11.3. The number of pyridine rings is 1. The first-order chi connectivity index (χ1) is 17.2. The molecule has 0 spiro atoms. The number of carbonyl (C=O) groups excluding carboxylic acids is 2. The Balaban J connectivity index is 1.82. The summed E-state index contributed by atoms with van der Waals surface area (Å²) in [4.78, 5) is 33.1. The monoisotopic (exact) mass is 488 g/mol. The van der Waals surface area contributed by atoms with Crippen molar-refractivity contribution in [2.75, 3.05) is 4.90 Å². The number of rotatable bonds is 8. The topological polar surface area (TPSA) is 93.0 Å². The van der Waals surface area contributed by atoms with Gasteiger partial charge in [-0.15, -0.1) is 5.10 Å². The zero-order chi connectivity index (χ0) is 25.9. The van der Waals surface area contributed by atoms with Crippen LogP contribution in [-0.2, 0) is 16.1 Å². The van der Waals surface area contributed by atoms with Gasteiger partial charge in [0.15, 0.2) is 0 Å². The van der Waals surface area contributed by atoms with Crippen molar-refractivity contribution in [3.8, 4) is 0 Å². The fraction of sp³-hybridized carbons (Fsp3) is 0.296. The van der Waals surface area contributed by atoms with Crippen LogP contribution in [0.5, 0.6) is 0 Å². The van der Waals surface area contributed by atoms with Gasteiger partial charge in [-0.05, 0) is 74.7 Å². The molecule has 0 saturated heterocycles. The zero-order valence-electron chi connectivity index (χ0n) is 20.8. The molecule has 4 aromatic rings. The van der Waals surface area contributed by atoms with Gasteiger partial charge in [-0.1, -0.05) is 30.3 Å². The molecule has 0 fully saturated rings. The Morgan fingerprint density at radius 3 is 2.53 bits per heavy atom. The zero-order valence-corrected chi connectivity index (χ0v) is 20.8. The van der Waals surface area contributed by atoms with Crippen LogP contribution in [0.2, 0.25) is 0 Å². The van der Waals surface area contributed by atoms with Crippen molar-refractivity contribution >= 4 is 28.5 Å². The molecule has 2 aromatic heterocycles. The van der Waals surface area contributed by atoms with Crippen LogP contribution in [0.1, 0.15) is 44.4 Å². The van der Waals surface area contributed by atoms with Crippen LogP contribution in [-0.4, -0.2) is 37.3 Å². The van der Waals surface area contributed by atoms with Crippen LogP contribution in [0.25, 0.3) is 11.0 Å². The van der Waals surface area contributed by atoms with Crippen LogP contribution in [0.4, 0.5) is 10.1 Å². The summed E-state index contributed by atoms with van der Waals surface area (Å²) in [6.45, 7) is 7.24. The summed E-state index contributed by atoms with van der Waals surface area (Å²) >= 11 is 0. The van der Waals surface area contributed by atoms with Crippen LogP contribution in [0.3, 0.4) is 0 Å². The molecule has 36 heavy (non-hydrogen) atoms. The Bertz CT molecular complexity index is 1390. The average Bonchev–Trinajstić information content (AvgIpc) is 3.27. The highest BCUT2D eigenvalue weighted by molar-refractivity contribution is 6.01. The smallest absolute Gasteiger partial charge is 0.249 e. The Labute approximate surface area is 209 Å². The van der Waals surface area contributed by atoms with E-state index in [2.05, 4.69) is 20.6 Å². The molecule has 0 aliphatic heterocycles. The van der Waals surface area contributed by atoms with E-state index >= 15 is 0 Å². The SMILES string of the molecule is CCC(C)(C)NC(=O)[C@@H](c1ccncc1)N(C(=O)Cn1nnc2ccccc21)c1ccc(C)c(F)c1. The van der Waals surface area contributed by atoms with Gasteiger partial charge in [0.25, 0.3) is 0 Å². The first kappa shape index (κ1) is 25.0. The quantitative estimate of drug-likeness (QED) is 0.398. The van der Waals surface area contributed by atoms with Crippen molar-refractivity contribution < 1.29 is 14.0 Å². The highest BCUT2D eigenvalue weighted by Gasteiger charge is 2.35. The summed E-state index contributed by atoms with van der Waals surface area (Å²) in [7, 11) is 0. The van der Waals surface area contributed by atoms with E-state index in [1.807, 2.05) is 39.0 Å². The Hall–Kier alpha value is -4.14. The molecule has 0 bridgehead atoms. The van der Waals surface area contributed by atoms with Crippen molar-refractivity contribution in [3.63, 3.8) is 0 Å². The molecule has 2 heterocycles. The molecule has 2 amide bonds. The number of aromatic nitrogens is 4. The van der Waals surface area contributed by atoms with Crippen molar-refractivity contribution in [3.05, 3.63) is 83.9 Å². The highest BCUT2D eigenvalue weighted by Crippen LogP contribution is 2.30. The van der Waals surface area contributed by atoms with Gasteiger partial charge in [0.2, 0.25) is 11.8 Å². The maximum atomic E-state index is 14.7. The van der Waals surface area contributed by atoms with E-state index in [0.717, 1.165) is 0 Å². The number of hydrogen-bond acceptors (Lipinski definition) is 5. The molecule has 9 heteroatoms. The third kappa shape index (κ3) is 5.25. The minimum absolute atomic E-state index is 0.192. The number of fused-ring (bicyclic) bond motifs is 1. The number of carbonyl (C=O) groups is 2. The number of para-hydroxylation sites is 1. The van der Waals surface area contributed by atoms with Crippen LogP contribution in [0.15, 0.2) is 67.0 Å². The molecule has 4 rings (SSSR count). The molecule has 0 aliphatic carbocycles. The van der Waals surface area contributed by atoms with Crippen molar-refractivity contribution in [1.82, 2.24) is 25.3 Å². The van der Waals surface area contributed by atoms with Gasteiger partial charge in [0.1, 0.15) is 23.9 Å². The minimum Gasteiger partial charge on any atom is -0.349 e. The van der Waals surface area contributed by atoms with Gasteiger partial charge in [-0.25, -0.2) is 9.07 Å². The first-order valence-electron chi connectivity index (χ1n) is 11.8. The second-order valence-electron chi connectivity index (χ2n) is 9.34. The van der Waals surface area contributed by atoms with Gasteiger partial charge in [0.05, 0.1) is 5.52 Å². The summed E-state index contributed by atoms with van der Waals surface area (Å²) in [5.41, 5.74) is 2.05. The molecule has 8 nitrogen and oxygen atoms in total. The fourth-order valence-electron chi connectivity index (χ4n) is 3.86. The molecular weight excluding hydrogens is 459 g/mol. The second kappa shape index (κ2) is 10.2. The standard InChI is InChI=1S/C27H29FN6O2/c1-5-27(3,4)30-26(36)25(19-12-14-29-15-13-19)34(20-11-10-18(2)21(28)16-20)24(35)17-33-23-9-7-6-8-22(23)31-32-33/h6-16,25H,5,17H2,1-4H3,(H,30,36)/t25-/m1/s1. The minimum atomic E-state index is -1.07. The molecular formula is C27H29FN6O2. The van der Waals surface area contributed by atoms with E-state index in [1.54, 1.807) is 49.6 Å². The molecule has 2 aromatic carbocycles. The lowest BCUT2D eigenvalue weighted by atomic mass is 9.98. The van der Waals surface area contributed by atoms with E-state index in [1.165, 1.54) is 15.6 Å². The van der Waals surface area contributed by atoms with Gasteiger partial charge in [0, 0.05) is 23.6 Å². The molecule has 1 N–H and O–H groups in total. The number of anilines is 1. The normalized spacial score (nSPS) is 12.4. The van der Waals surface area contributed by atoms with E-state index in [0.29, 0.717) is 28.6 Å². The lowest BCUT2D eigenvalue weighted by Gasteiger charge is -2.34. The van der Waals surface area contributed by atoms with E-state index < -0.39 is 23.3 Å². The number of hydrogen-bond donors (Lipinski definition) is 1. The van der Waals surface area contributed by atoms with Gasteiger partial charge in [-0.3, -0.25) is 19.5 Å². The predicted molar refractivity (Wildman–Crippen MR) is 136 cm³/mol. The lowest BCUT2D eigenvalue weighted by Crippen LogP contribution is -2.51. The van der Waals surface area contributed by atoms with Crippen molar-refractivity contribution in [1.29, 1.82) is 0 Å². The number of nitrogens with one attached hydrogen (secondary N) is 1. The average molecular weight is 489 g/mol. The van der Waals surface area contributed by atoms with Gasteiger partial charge < -0.3 is 5.32 Å². The maximum Gasteiger partial charge on any atom is 0.249 e. The fourth-order valence-corrected chi connectivity index (χ4v) is 3.86. The van der Waals surface area contributed by atoms with E-state index in [-0.39, 0.29) is 18.1 Å². The largest absolute Gasteiger partial charge is 0.349 e. The number of amides is 2. The summed E-state index contributed by atoms with van der Waals surface area (Å²) in [6.07, 6.45) is 3.80. The lowest BCUT2D eigenvalue weighted by molar-refractivity contribution is -0.128. The molecule has 0 aliphatic rings. The van der Waals surface area contributed by atoms with Gasteiger partial charge >= 0.3 is 0 Å². The molecule has 0 unspecified atom stereocenters. The number of nitrogens with zero attached hydrogens (tertiary/aromatic N) is 5. The highest BCUT2D eigenvalue weighted by atomic mass is 19.1. The summed E-state index contributed by atoms with van der Waals surface area (Å²) in [5.74, 6) is -1.30. The molecule has 1 atom stereocenters.